The Labute approximate surface area is 168 Å². The second-order valence-electron chi connectivity index (χ2n) is 6.90. The van der Waals surface area contributed by atoms with Crippen LogP contribution in [-0.4, -0.2) is 30.6 Å². The van der Waals surface area contributed by atoms with E-state index >= 15 is 0 Å². The summed E-state index contributed by atoms with van der Waals surface area (Å²) in [6.07, 6.45) is 0.687. The van der Waals surface area contributed by atoms with Crippen LogP contribution in [0.4, 0.5) is 0 Å². The van der Waals surface area contributed by atoms with Gasteiger partial charge in [0.05, 0.1) is 13.2 Å². The summed E-state index contributed by atoms with van der Waals surface area (Å²) in [6.45, 7) is 5.88. The number of hydrogen-bond donors (Lipinski definition) is 0. The Hall–Kier alpha value is -3.28. The van der Waals surface area contributed by atoms with Crippen LogP contribution < -0.4 is 15.1 Å². The molecule has 2 aromatic carbocycles. The van der Waals surface area contributed by atoms with Gasteiger partial charge in [-0.25, -0.2) is 4.79 Å². The third kappa shape index (κ3) is 3.70. The lowest BCUT2D eigenvalue weighted by Crippen LogP contribution is -2.38. The first kappa shape index (κ1) is 19.1. The molecule has 6 heteroatoms. The normalized spacial score (nSPS) is 13.2. The number of amides is 1. The highest BCUT2D eigenvalue weighted by Gasteiger charge is 2.26. The van der Waals surface area contributed by atoms with Crippen LogP contribution in [0, 0.1) is 0 Å². The topological polar surface area (TPSA) is 69.0 Å². The third-order valence-corrected chi connectivity index (χ3v) is 5.04. The molecule has 0 bridgehead atoms. The zero-order chi connectivity index (χ0) is 20.4. The van der Waals surface area contributed by atoms with Gasteiger partial charge < -0.3 is 18.8 Å². The molecule has 3 aromatic rings. The van der Waals surface area contributed by atoms with Crippen molar-refractivity contribution in [2.24, 2.45) is 0 Å². The predicted octanol–water partition coefficient (Wildman–Crippen LogP) is 3.79. The van der Waals surface area contributed by atoms with E-state index in [0.717, 1.165) is 22.3 Å². The van der Waals surface area contributed by atoms with Crippen LogP contribution in [0.1, 0.15) is 35.3 Å². The van der Waals surface area contributed by atoms with E-state index in [4.69, 9.17) is 13.9 Å². The number of para-hydroxylation sites is 1. The van der Waals surface area contributed by atoms with Crippen molar-refractivity contribution in [3.63, 3.8) is 0 Å². The van der Waals surface area contributed by atoms with Gasteiger partial charge in [0.25, 0.3) is 5.91 Å². The van der Waals surface area contributed by atoms with Crippen LogP contribution >= 0.6 is 0 Å². The molecule has 0 aliphatic carbocycles. The quantitative estimate of drug-likeness (QED) is 0.617. The van der Waals surface area contributed by atoms with Gasteiger partial charge >= 0.3 is 5.63 Å². The van der Waals surface area contributed by atoms with Crippen molar-refractivity contribution in [2.45, 2.75) is 26.8 Å². The first-order valence-corrected chi connectivity index (χ1v) is 9.84. The van der Waals surface area contributed by atoms with Crippen molar-refractivity contribution < 1.29 is 18.7 Å². The molecular weight excluding hydrogens is 370 g/mol. The van der Waals surface area contributed by atoms with E-state index in [1.54, 1.807) is 23.1 Å². The van der Waals surface area contributed by atoms with Crippen molar-refractivity contribution in [3.8, 4) is 11.5 Å². The molecule has 1 amide bonds. The van der Waals surface area contributed by atoms with Gasteiger partial charge in [0.2, 0.25) is 0 Å². The van der Waals surface area contributed by atoms with Crippen LogP contribution in [0.15, 0.2) is 51.7 Å². The highest BCUT2D eigenvalue weighted by Crippen LogP contribution is 2.34. The van der Waals surface area contributed by atoms with Crippen LogP contribution in [0.2, 0.25) is 0 Å². The second-order valence-corrected chi connectivity index (χ2v) is 6.90. The van der Waals surface area contributed by atoms with E-state index < -0.39 is 5.63 Å². The number of hydrogen-bond acceptors (Lipinski definition) is 5. The molecular formula is C23H23NO5. The summed E-state index contributed by atoms with van der Waals surface area (Å²) < 4.78 is 16.7. The summed E-state index contributed by atoms with van der Waals surface area (Å²) in [7, 11) is 0. The van der Waals surface area contributed by atoms with E-state index in [1.807, 2.05) is 38.1 Å². The van der Waals surface area contributed by atoms with Crippen LogP contribution in [0.5, 0.6) is 11.5 Å². The average molecular weight is 393 g/mol. The van der Waals surface area contributed by atoms with Gasteiger partial charge in [-0.3, -0.25) is 4.79 Å². The maximum Gasteiger partial charge on any atom is 0.349 e. The zero-order valence-electron chi connectivity index (χ0n) is 16.6. The molecule has 0 radical (unpaired) electrons. The fourth-order valence-corrected chi connectivity index (χ4v) is 3.66. The lowest BCUT2D eigenvalue weighted by molar-refractivity contribution is 0.0730. The van der Waals surface area contributed by atoms with Crippen molar-refractivity contribution in [1.82, 2.24) is 4.90 Å². The van der Waals surface area contributed by atoms with Gasteiger partial charge in [-0.2, -0.15) is 0 Å². The first-order valence-electron chi connectivity index (χ1n) is 9.84. The molecule has 0 atom stereocenters. The molecule has 150 valence electrons. The molecule has 6 nitrogen and oxygen atoms in total. The lowest BCUT2D eigenvalue weighted by atomic mass is 9.98. The van der Waals surface area contributed by atoms with Gasteiger partial charge in [-0.05, 0) is 55.7 Å². The van der Waals surface area contributed by atoms with E-state index in [2.05, 4.69) is 0 Å². The second kappa shape index (κ2) is 7.99. The highest BCUT2D eigenvalue weighted by atomic mass is 16.5. The average Bonchev–Trinajstić information content (AvgIpc) is 2.73. The summed E-state index contributed by atoms with van der Waals surface area (Å²) in [5.41, 5.74) is 2.06. The van der Waals surface area contributed by atoms with Crippen molar-refractivity contribution in [3.05, 3.63) is 69.6 Å². The zero-order valence-corrected chi connectivity index (χ0v) is 16.6. The SMILES string of the molecule is CCOc1cc2c(cc1OCC)CN(C(=O)c1cc3ccccc3oc1=O)CC2. The van der Waals surface area contributed by atoms with E-state index in [9.17, 15) is 9.59 Å². The monoisotopic (exact) mass is 393 g/mol. The molecule has 1 aromatic heterocycles. The largest absolute Gasteiger partial charge is 0.490 e. The van der Waals surface area contributed by atoms with Crippen LogP contribution in [0.3, 0.4) is 0 Å². The van der Waals surface area contributed by atoms with Gasteiger partial charge in [0.1, 0.15) is 11.1 Å². The maximum atomic E-state index is 13.1. The van der Waals surface area contributed by atoms with Crippen LogP contribution in [0.25, 0.3) is 11.0 Å². The Morgan fingerprint density at radius 1 is 1.03 bits per heavy atom. The fraction of sp³-hybridized carbons (Fsp3) is 0.304. The highest BCUT2D eigenvalue weighted by molar-refractivity contribution is 5.96. The molecule has 0 N–H and O–H groups in total. The van der Waals surface area contributed by atoms with Crippen molar-refractivity contribution in [1.29, 1.82) is 0 Å². The number of carbonyl (C=O) groups is 1. The molecule has 29 heavy (non-hydrogen) atoms. The Morgan fingerprint density at radius 2 is 1.72 bits per heavy atom. The minimum Gasteiger partial charge on any atom is -0.490 e. The molecule has 1 aliphatic heterocycles. The Balaban J connectivity index is 1.64. The molecule has 1 aliphatic rings. The smallest absolute Gasteiger partial charge is 0.349 e. The molecule has 0 saturated carbocycles. The maximum absolute atomic E-state index is 13.1. The standard InChI is InChI=1S/C23H23NO5/c1-3-27-20-12-15-9-10-24(14-17(15)13-21(20)28-4-2)22(25)18-11-16-7-5-6-8-19(16)29-23(18)26/h5-8,11-13H,3-4,9-10,14H2,1-2H3. The number of benzene rings is 2. The molecule has 0 saturated heterocycles. The molecule has 0 fully saturated rings. The Bertz CT molecular complexity index is 1120. The molecule has 0 unspecified atom stereocenters. The molecule has 0 spiro atoms. The van der Waals surface area contributed by atoms with E-state index in [1.165, 1.54) is 0 Å². The minimum absolute atomic E-state index is 0.0584. The summed E-state index contributed by atoms with van der Waals surface area (Å²) in [4.78, 5) is 27.1. The van der Waals surface area contributed by atoms with E-state index in [0.29, 0.717) is 44.1 Å². The Kier molecular flexibility index (Phi) is 5.25. The predicted molar refractivity (Wildman–Crippen MR) is 110 cm³/mol. The van der Waals surface area contributed by atoms with E-state index in [-0.39, 0.29) is 11.5 Å². The van der Waals surface area contributed by atoms with Crippen molar-refractivity contribution >= 4 is 16.9 Å². The minimum atomic E-state index is -0.610. The molecule has 4 rings (SSSR count). The summed E-state index contributed by atoms with van der Waals surface area (Å²) in [5.74, 6) is 1.08. The number of rotatable bonds is 5. The number of nitrogens with zero attached hydrogens (tertiary/aromatic N) is 1. The number of ether oxygens (including phenoxy) is 2. The van der Waals surface area contributed by atoms with Gasteiger partial charge in [-0.1, -0.05) is 18.2 Å². The van der Waals surface area contributed by atoms with Gasteiger partial charge in [0.15, 0.2) is 11.5 Å². The first-order chi connectivity index (χ1) is 14.1. The molecule has 2 heterocycles. The van der Waals surface area contributed by atoms with Gasteiger partial charge in [-0.15, -0.1) is 0 Å². The summed E-state index contributed by atoms with van der Waals surface area (Å²) >= 11 is 0. The van der Waals surface area contributed by atoms with Gasteiger partial charge in [0, 0.05) is 18.5 Å². The number of fused-ring (bicyclic) bond motifs is 2. The number of carbonyl (C=O) groups excluding carboxylic acids is 1. The summed E-state index contributed by atoms with van der Waals surface area (Å²) in [5, 5.41) is 0.729. The lowest BCUT2D eigenvalue weighted by Gasteiger charge is -2.29. The van der Waals surface area contributed by atoms with Crippen molar-refractivity contribution in [2.75, 3.05) is 19.8 Å². The third-order valence-electron chi connectivity index (χ3n) is 5.04. The van der Waals surface area contributed by atoms with Crippen LogP contribution in [-0.2, 0) is 13.0 Å². The summed E-state index contributed by atoms with van der Waals surface area (Å²) in [6, 6.07) is 12.7. The Morgan fingerprint density at radius 3 is 2.45 bits per heavy atom. The fourth-order valence-electron chi connectivity index (χ4n) is 3.66.